The number of amides is 1. The van der Waals surface area contributed by atoms with Gasteiger partial charge in [0.25, 0.3) is 5.91 Å². The molecule has 0 fully saturated rings. The number of aromatic nitrogens is 2. The van der Waals surface area contributed by atoms with Crippen molar-refractivity contribution < 1.29 is 19.1 Å². The average Bonchev–Trinajstić information content (AvgIpc) is 2.84. The molecule has 2 aromatic heterocycles. The summed E-state index contributed by atoms with van der Waals surface area (Å²) in [5.41, 5.74) is 2.79. The van der Waals surface area contributed by atoms with Gasteiger partial charge in [-0.1, -0.05) is 41.4 Å². The van der Waals surface area contributed by atoms with Gasteiger partial charge in [-0.2, -0.15) is 0 Å². The standard InChI is InChI=1S/C26H21Cl2N3O4/c1-3-34-26(33)21-12-4-7-16(30-21)14-35-24-15(2)13-29-23-17(24)8-5-11-20(23)31-25(32)22-18(27)9-6-10-19(22)28/h4-13H,3,14H2,1-2H3,(H,31,32). The fourth-order valence-electron chi connectivity index (χ4n) is 3.52. The molecule has 0 atom stereocenters. The molecule has 0 saturated heterocycles. The molecule has 2 aromatic carbocycles. The molecule has 0 aliphatic carbocycles. The zero-order chi connectivity index (χ0) is 24.9. The van der Waals surface area contributed by atoms with Gasteiger partial charge >= 0.3 is 5.97 Å². The van der Waals surface area contributed by atoms with E-state index in [1.54, 1.807) is 61.7 Å². The van der Waals surface area contributed by atoms with E-state index in [-0.39, 0.29) is 34.5 Å². The molecule has 0 radical (unpaired) electrons. The summed E-state index contributed by atoms with van der Waals surface area (Å²) in [7, 11) is 0. The molecule has 0 saturated carbocycles. The van der Waals surface area contributed by atoms with Gasteiger partial charge in [0.15, 0.2) is 0 Å². The van der Waals surface area contributed by atoms with Crippen LogP contribution in [0.1, 0.15) is 39.0 Å². The molecule has 178 valence electrons. The maximum Gasteiger partial charge on any atom is 0.356 e. The number of hydrogen-bond acceptors (Lipinski definition) is 6. The van der Waals surface area contributed by atoms with Gasteiger partial charge < -0.3 is 14.8 Å². The van der Waals surface area contributed by atoms with Crippen LogP contribution in [0.3, 0.4) is 0 Å². The molecule has 35 heavy (non-hydrogen) atoms. The minimum atomic E-state index is -0.487. The van der Waals surface area contributed by atoms with Crippen LogP contribution in [0, 0.1) is 6.92 Å². The van der Waals surface area contributed by atoms with Crippen LogP contribution in [0.5, 0.6) is 5.75 Å². The van der Waals surface area contributed by atoms with E-state index in [9.17, 15) is 9.59 Å². The van der Waals surface area contributed by atoms with Crippen molar-refractivity contribution in [3.05, 3.63) is 93.4 Å². The summed E-state index contributed by atoms with van der Waals surface area (Å²) < 4.78 is 11.1. The Morgan fingerprint density at radius 3 is 2.46 bits per heavy atom. The van der Waals surface area contributed by atoms with Crippen LogP contribution >= 0.6 is 23.2 Å². The lowest BCUT2D eigenvalue weighted by molar-refractivity contribution is 0.0518. The van der Waals surface area contributed by atoms with Crippen LogP contribution in [-0.2, 0) is 11.3 Å². The molecule has 7 nitrogen and oxygen atoms in total. The van der Waals surface area contributed by atoms with Gasteiger partial charge in [-0.3, -0.25) is 9.78 Å². The Morgan fingerprint density at radius 1 is 1.00 bits per heavy atom. The van der Waals surface area contributed by atoms with Gasteiger partial charge in [-0.25, -0.2) is 9.78 Å². The summed E-state index contributed by atoms with van der Waals surface area (Å²) >= 11 is 12.4. The van der Waals surface area contributed by atoms with Crippen molar-refractivity contribution >= 4 is 51.7 Å². The molecule has 9 heteroatoms. The third-order valence-electron chi connectivity index (χ3n) is 5.12. The minimum absolute atomic E-state index is 0.124. The van der Waals surface area contributed by atoms with E-state index in [4.69, 9.17) is 32.7 Å². The monoisotopic (exact) mass is 509 g/mol. The first kappa shape index (κ1) is 24.4. The maximum absolute atomic E-state index is 12.9. The van der Waals surface area contributed by atoms with Crippen molar-refractivity contribution in [2.24, 2.45) is 0 Å². The molecule has 0 aliphatic heterocycles. The van der Waals surface area contributed by atoms with Gasteiger partial charge in [0.05, 0.1) is 39.1 Å². The molecular weight excluding hydrogens is 489 g/mol. The number of ether oxygens (including phenoxy) is 2. The molecule has 4 rings (SSSR count). The second kappa shape index (κ2) is 10.7. The molecular formula is C26H21Cl2N3O4. The second-order valence-corrected chi connectivity index (χ2v) is 8.36. The van der Waals surface area contributed by atoms with Crippen molar-refractivity contribution in [2.75, 3.05) is 11.9 Å². The number of carbonyl (C=O) groups is 2. The maximum atomic E-state index is 12.9. The Hall–Kier alpha value is -3.68. The molecule has 0 aliphatic rings. The highest BCUT2D eigenvalue weighted by Crippen LogP contribution is 2.33. The highest BCUT2D eigenvalue weighted by atomic mass is 35.5. The number of fused-ring (bicyclic) bond motifs is 1. The lowest BCUT2D eigenvalue weighted by Gasteiger charge is -2.15. The number of nitrogens with zero attached hydrogens (tertiary/aromatic N) is 2. The molecule has 1 N–H and O–H groups in total. The van der Waals surface area contributed by atoms with Crippen LogP contribution in [0.2, 0.25) is 10.0 Å². The molecule has 4 aromatic rings. The van der Waals surface area contributed by atoms with E-state index in [1.807, 2.05) is 13.0 Å². The van der Waals surface area contributed by atoms with Crippen molar-refractivity contribution in [1.29, 1.82) is 0 Å². The molecule has 0 unspecified atom stereocenters. The summed E-state index contributed by atoms with van der Waals surface area (Å²) in [6.07, 6.45) is 1.66. The predicted molar refractivity (Wildman–Crippen MR) is 135 cm³/mol. The van der Waals surface area contributed by atoms with Gasteiger partial charge in [-0.15, -0.1) is 0 Å². The zero-order valence-corrected chi connectivity index (χ0v) is 20.5. The Labute approximate surface area is 212 Å². The number of benzene rings is 2. The lowest BCUT2D eigenvalue weighted by atomic mass is 10.1. The number of nitrogens with one attached hydrogen (secondary N) is 1. The number of hydrogen-bond donors (Lipinski definition) is 1. The van der Waals surface area contributed by atoms with E-state index in [0.717, 1.165) is 5.56 Å². The number of esters is 1. The summed E-state index contributed by atoms with van der Waals surface area (Å²) in [5, 5.41) is 4.05. The van der Waals surface area contributed by atoms with E-state index in [0.29, 0.717) is 28.0 Å². The van der Waals surface area contributed by atoms with Crippen molar-refractivity contribution in [3.63, 3.8) is 0 Å². The van der Waals surface area contributed by atoms with Gasteiger partial charge in [0.2, 0.25) is 0 Å². The fraction of sp³-hybridized carbons (Fsp3) is 0.154. The van der Waals surface area contributed by atoms with Crippen LogP contribution < -0.4 is 10.1 Å². The van der Waals surface area contributed by atoms with Crippen molar-refractivity contribution in [3.8, 4) is 5.75 Å². The first-order chi connectivity index (χ1) is 16.9. The average molecular weight is 510 g/mol. The van der Waals surface area contributed by atoms with Gasteiger partial charge in [0, 0.05) is 17.1 Å². The Balaban J connectivity index is 1.62. The summed E-state index contributed by atoms with van der Waals surface area (Å²) in [4.78, 5) is 33.7. The van der Waals surface area contributed by atoms with E-state index >= 15 is 0 Å². The van der Waals surface area contributed by atoms with Crippen LogP contribution in [0.15, 0.2) is 60.8 Å². The number of anilines is 1. The number of pyridine rings is 2. The second-order valence-electron chi connectivity index (χ2n) is 7.55. The quantitative estimate of drug-likeness (QED) is 0.296. The minimum Gasteiger partial charge on any atom is -0.486 e. The molecule has 0 spiro atoms. The highest BCUT2D eigenvalue weighted by Gasteiger charge is 2.18. The smallest absolute Gasteiger partial charge is 0.356 e. The fourth-order valence-corrected chi connectivity index (χ4v) is 4.08. The number of para-hydroxylation sites is 1. The van der Waals surface area contributed by atoms with E-state index < -0.39 is 11.9 Å². The Morgan fingerprint density at radius 2 is 1.71 bits per heavy atom. The summed E-state index contributed by atoms with van der Waals surface area (Å²) in [6.45, 7) is 4.00. The van der Waals surface area contributed by atoms with Gasteiger partial charge in [0.1, 0.15) is 18.1 Å². The van der Waals surface area contributed by atoms with Crippen LogP contribution in [-0.4, -0.2) is 28.5 Å². The number of rotatable bonds is 7. The Kier molecular flexibility index (Phi) is 7.48. The van der Waals surface area contributed by atoms with Crippen LogP contribution in [0.4, 0.5) is 5.69 Å². The number of aryl methyl sites for hydroxylation is 1. The van der Waals surface area contributed by atoms with Crippen LogP contribution in [0.25, 0.3) is 10.9 Å². The van der Waals surface area contributed by atoms with Crippen molar-refractivity contribution in [2.45, 2.75) is 20.5 Å². The highest BCUT2D eigenvalue weighted by molar-refractivity contribution is 6.40. The normalized spacial score (nSPS) is 10.7. The Bertz CT molecular complexity index is 1410. The zero-order valence-electron chi connectivity index (χ0n) is 19.0. The third-order valence-corrected chi connectivity index (χ3v) is 5.75. The third kappa shape index (κ3) is 5.37. The summed E-state index contributed by atoms with van der Waals surface area (Å²) in [5.74, 6) is -0.345. The number of halogens is 2. The molecule has 2 heterocycles. The predicted octanol–water partition coefficient (Wildman–Crippen LogP) is 6.25. The SMILES string of the molecule is CCOC(=O)c1cccc(COc2c(C)cnc3c(NC(=O)c4c(Cl)cccc4Cl)cccc23)n1. The lowest BCUT2D eigenvalue weighted by Crippen LogP contribution is -2.14. The number of carbonyl (C=O) groups excluding carboxylic acids is 2. The van der Waals surface area contributed by atoms with Crippen molar-refractivity contribution in [1.82, 2.24) is 9.97 Å². The van der Waals surface area contributed by atoms with Gasteiger partial charge in [-0.05, 0) is 50.2 Å². The molecule has 1 amide bonds. The molecule has 0 bridgehead atoms. The topological polar surface area (TPSA) is 90.4 Å². The van der Waals surface area contributed by atoms with E-state index in [1.165, 1.54) is 0 Å². The summed E-state index contributed by atoms with van der Waals surface area (Å²) in [6, 6.07) is 15.3. The van der Waals surface area contributed by atoms with E-state index in [2.05, 4.69) is 15.3 Å². The largest absolute Gasteiger partial charge is 0.486 e. The first-order valence-electron chi connectivity index (χ1n) is 10.8. The first-order valence-corrected chi connectivity index (χ1v) is 11.5.